The number of hydrogen-bond acceptors (Lipinski definition) is 2. The Kier molecular flexibility index (Phi) is 3.57. The number of aryl methyl sites for hydroxylation is 1. The van der Waals surface area contributed by atoms with E-state index in [-0.39, 0.29) is 0 Å². The fourth-order valence-corrected chi connectivity index (χ4v) is 1.70. The van der Waals surface area contributed by atoms with E-state index in [1.54, 1.807) is 6.20 Å². The molecular weight excluding hydrogens is 266 g/mol. The molecule has 0 aliphatic heterocycles. The second kappa shape index (κ2) is 5.12. The summed E-state index contributed by atoms with van der Waals surface area (Å²) < 4.78 is 6.64. The van der Waals surface area contributed by atoms with E-state index < -0.39 is 0 Å². The highest BCUT2D eigenvalue weighted by molar-refractivity contribution is 9.10. The van der Waals surface area contributed by atoms with E-state index in [1.165, 1.54) is 5.56 Å². The lowest BCUT2D eigenvalue weighted by Gasteiger charge is -2.05. The average molecular weight is 278 g/mol. The number of nitrogens with zero attached hydrogens (tertiary/aromatic N) is 1. The van der Waals surface area contributed by atoms with Gasteiger partial charge in [-0.15, -0.1) is 0 Å². The molecule has 0 amide bonds. The van der Waals surface area contributed by atoms with Crippen LogP contribution in [0.4, 0.5) is 0 Å². The van der Waals surface area contributed by atoms with Crippen molar-refractivity contribution in [2.24, 2.45) is 0 Å². The van der Waals surface area contributed by atoms with Gasteiger partial charge in [-0.1, -0.05) is 33.6 Å². The molecule has 16 heavy (non-hydrogen) atoms. The molecular formula is C13H12BrNO. The van der Waals surface area contributed by atoms with Crippen molar-refractivity contribution < 1.29 is 4.74 Å². The van der Waals surface area contributed by atoms with Gasteiger partial charge in [0.25, 0.3) is 0 Å². The van der Waals surface area contributed by atoms with E-state index in [0.29, 0.717) is 6.61 Å². The second-order valence-electron chi connectivity index (χ2n) is 3.57. The molecule has 0 saturated carbocycles. The van der Waals surface area contributed by atoms with Crippen LogP contribution in [0.3, 0.4) is 0 Å². The minimum absolute atomic E-state index is 0.489. The molecule has 2 aromatic rings. The Labute approximate surface area is 103 Å². The Morgan fingerprint density at radius 1 is 1.19 bits per heavy atom. The Morgan fingerprint density at radius 3 is 2.62 bits per heavy atom. The summed E-state index contributed by atoms with van der Waals surface area (Å²) in [6, 6.07) is 11.8. The summed E-state index contributed by atoms with van der Waals surface area (Å²) in [5, 5.41) is 0. The molecule has 2 rings (SSSR count). The average Bonchev–Trinajstić information content (AvgIpc) is 2.28. The minimum Gasteiger partial charge on any atom is -0.487 e. The van der Waals surface area contributed by atoms with Gasteiger partial charge < -0.3 is 4.74 Å². The number of rotatable bonds is 3. The first-order chi connectivity index (χ1) is 7.74. The second-order valence-corrected chi connectivity index (χ2v) is 4.48. The summed E-state index contributed by atoms with van der Waals surface area (Å²) in [6.07, 6.45) is 1.76. The molecule has 0 unspecified atom stereocenters. The third-order valence-corrected chi connectivity index (χ3v) is 2.68. The van der Waals surface area contributed by atoms with Crippen LogP contribution in [0, 0.1) is 6.92 Å². The van der Waals surface area contributed by atoms with Crippen molar-refractivity contribution in [2.75, 3.05) is 0 Å². The molecule has 0 atom stereocenters. The van der Waals surface area contributed by atoms with E-state index in [0.717, 1.165) is 15.9 Å². The molecule has 0 radical (unpaired) electrons. The molecule has 0 N–H and O–H groups in total. The fraction of sp³-hybridized carbons (Fsp3) is 0.154. The van der Waals surface area contributed by atoms with Crippen LogP contribution < -0.4 is 4.74 Å². The maximum atomic E-state index is 5.62. The number of ether oxygens (including phenoxy) is 1. The molecule has 1 aromatic heterocycles. The summed E-state index contributed by atoms with van der Waals surface area (Å²) in [7, 11) is 0. The third kappa shape index (κ3) is 3.07. The quantitative estimate of drug-likeness (QED) is 0.853. The van der Waals surface area contributed by atoms with E-state index in [9.17, 15) is 0 Å². The molecule has 3 heteroatoms. The lowest BCUT2D eigenvalue weighted by molar-refractivity contribution is 0.301. The molecule has 0 bridgehead atoms. The van der Waals surface area contributed by atoms with Crippen LogP contribution in [0.2, 0.25) is 0 Å². The van der Waals surface area contributed by atoms with Crippen LogP contribution in [-0.2, 0) is 6.61 Å². The third-order valence-electron chi connectivity index (χ3n) is 2.19. The predicted molar refractivity (Wildman–Crippen MR) is 67.4 cm³/mol. The van der Waals surface area contributed by atoms with Gasteiger partial charge in [0, 0.05) is 10.7 Å². The Morgan fingerprint density at radius 2 is 1.94 bits per heavy atom. The first kappa shape index (κ1) is 11.1. The van der Waals surface area contributed by atoms with Crippen LogP contribution in [0.15, 0.2) is 47.1 Å². The van der Waals surface area contributed by atoms with Gasteiger partial charge >= 0.3 is 0 Å². The molecule has 2 nitrogen and oxygen atoms in total. The van der Waals surface area contributed by atoms with Crippen LogP contribution in [0.5, 0.6) is 5.75 Å². The monoisotopic (exact) mass is 277 g/mol. The van der Waals surface area contributed by atoms with Gasteiger partial charge in [-0.3, -0.25) is 4.98 Å². The van der Waals surface area contributed by atoms with Gasteiger partial charge in [0.2, 0.25) is 0 Å². The van der Waals surface area contributed by atoms with Crippen molar-refractivity contribution in [3.63, 3.8) is 0 Å². The first-order valence-corrected chi connectivity index (χ1v) is 5.83. The Balaban J connectivity index is 1.99. The topological polar surface area (TPSA) is 22.1 Å². The number of benzene rings is 1. The summed E-state index contributed by atoms with van der Waals surface area (Å²) in [5.41, 5.74) is 2.14. The zero-order valence-corrected chi connectivity index (χ0v) is 10.6. The van der Waals surface area contributed by atoms with Gasteiger partial charge in [-0.2, -0.15) is 0 Å². The summed E-state index contributed by atoms with van der Waals surface area (Å²) in [4.78, 5) is 4.22. The number of aromatic nitrogens is 1. The largest absolute Gasteiger partial charge is 0.487 e. The van der Waals surface area contributed by atoms with E-state index in [4.69, 9.17) is 4.74 Å². The zero-order valence-electron chi connectivity index (χ0n) is 8.98. The Bertz CT molecular complexity index is 468. The summed E-state index contributed by atoms with van der Waals surface area (Å²) >= 11 is 3.40. The lowest BCUT2D eigenvalue weighted by atomic mass is 10.2. The molecule has 1 heterocycles. The highest BCUT2D eigenvalue weighted by atomic mass is 79.9. The first-order valence-electron chi connectivity index (χ1n) is 5.04. The van der Waals surface area contributed by atoms with Crippen LogP contribution in [0.1, 0.15) is 11.3 Å². The maximum Gasteiger partial charge on any atom is 0.130 e. The van der Waals surface area contributed by atoms with Gasteiger partial charge in [0.1, 0.15) is 12.4 Å². The van der Waals surface area contributed by atoms with Gasteiger partial charge in [-0.25, -0.2) is 0 Å². The van der Waals surface area contributed by atoms with Crippen molar-refractivity contribution >= 4 is 15.9 Å². The van der Waals surface area contributed by atoms with Crippen LogP contribution in [-0.4, -0.2) is 4.98 Å². The summed E-state index contributed by atoms with van der Waals surface area (Å²) in [5.74, 6) is 0.868. The fourth-order valence-electron chi connectivity index (χ4n) is 1.32. The highest BCUT2D eigenvalue weighted by Gasteiger charge is 1.97. The standard InChI is InChI=1S/C13H12BrNO/c1-10-2-4-13(5-3-10)16-9-12-8-11(14)6-7-15-12/h2-8H,9H2,1H3. The van der Waals surface area contributed by atoms with Gasteiger partial charge in [0.05, 0.1) is 5.69 Å². The number of pyridine rings is 1. The number of halogens is 1. The molecule has 0 fully saturated rings. The van der Waals surface area contributed by atoms with E-state index in [1.807, 2.05) is 36.4 Å². The van der Waals surface area contributed by atoms with Crippen molar-refractivity contribution in [2.45, 2.75) is 13.5 Å². The maximum absolute atomic E-state index is 5.62. The summed E-state index contributed by atoms with van der Waals surface area (Å²) in [6.45, 7) is 2.54. The van der Waals surface area contributed by atoms with Crippen LogP contribution >= 0.6 is 15.9 Å². The van der Waals surface area contributed by atoms with Crippen molar-refractivity contribution in [3.05, 3.63) is 58.3 Å². The normalized spacial score (nSPS) is 10.1. The molecule has 1 aromatic carbocycles. The molecule has 0 spiro atoms. The highest BCUT2D eigenvalue weighted by Crippen LogP contribution is 2.14. The van der Waals surface area contributed by atoms with Crippen molar-refractivity contribution in [1.82, 2.24) is 4.98 Å². The van der Waals surface area contributed by atoms with Crippen LogP contribution in [0.25, 0.3) is 0 Å². The lowest BCUT2D eigenvalue weighted by Crippen LogP contribution is -1.97. The number of hydrogen-bond donors (Lipinski definition) is 0. The molecule has 0 saturated heterocycles. The molecule has 0 aliphatic rings. The van der Waals surface area contributed by atoms with Crippen molar-refractivity contribution in [3.8, 4) is 5.75 Å². The van der Waals surface area contributed by atoms with E-state index in [2.05, 4.69) is 27.8 Å². The predicted octanol–water partition coefficient (Wildman–Crippen LogP) is 3.73. The van der Waals surface area contributed by atoms with Gasteiger partial charge in [-0.05, 0) is 31.2 Å². The smallest absolute Gasteiger partial charge is 0.130 e. The zero-order chi connectivity index (χ0) is 11.4. The van der Waals surface area contributed by atoms with Crippen molar-refractivity contribution in [1.29, 1.82) is 0 Å². The SMILES string of the molecule is Cc1ccc(OCc2cc(Br)ccn2)cc1. The van der Waals surface area contributed by atoms with E-state index >= 15 is 0 Å². The minimum atomic E-state index is 0.489. The molecule has 82 valence electrons. The molecule has 0 aliphatic carbocycles. The van der Waals surface area contributed by atoms with Gasteiger partial charge in [0.15, 0.2) is 0 Å². The Hall–Kier alpha value is -1.35.